The van der Waals surface area contributed by atoms with Crippen LogP contribution in [-0.4, -0.2) is 23.9 Å². The van der Waals surface area contributed by atoms with Gasteiger partial charge in [0.2, 0.25) is 5.91 Å². The smallest absolute Gasteiger partial charge is 0.293 e. The lowest BCUT2D eigenvalue weighted by Gasteiger charge is -2.07. The van der Waals surface area contributed by atoms with Crippen molar-refractivity contribution in [2.75, 3.05) is 18.4 Å². The number of hydrogen-bond acceptors (Lipinski definition) is 4. The van der Waals surface area contributed by atoms with Gasteiger partial charge in [-0.05, 0) is 12.1 Å². The normalized spacial score (nSPS) is 9.76. The highest BCUT2D eigenvalue weighted by molar-refractivity contribution is 9.10. The summed E-state index contributed by atoms with van der Waals surface area (Å²) in [5, 5.41) is 16.3. The Labute approximate surface area is 107 Å². The van der Waals surface area contributed by atoms with E-state index in [1.165, 1.54) is 13.0 Å². The maximum absolute atomic E-state index is 10.8. The molecule has 0 aliphatic heterocycles. The fourth-order valence-corrected chi connectivity index (χ4v) is 1.59. The van der Waals surface area contributed by atoms with Crippen molar-refractivity contribution in [3.63, 3.8) is 0 Å². The van der Waals surface area contributed by atoms with Crippen molar-refractivity contribution in [1.29, 1.82) is 0 Å². The molecule has 1 aromatic carbocycles. The molecular formula is C10H12BrN3O3. The molecule has 0 fully saturated rings. The molecular weight excluding hydrogens is 290 g/mol. The number of nitrogens with zero attached hydrogens (tertiary/aromatic N) is 1. The number of carbonyl (C=O) groups excluding carboxylic acids is 1. The SMILES string of the molecule is CC(=O)NCCNc1ccc(Br)cc1[N+](=O)[O-]. The van der Waals surface area contributed by atoms with Crippen LogP contribution in [0.2, 0.25) is 0 Å². The van der Waals surface area contributed by atoms with E-state index in [1.807, 2.05) is 0 Å². The molecule has 0 atom stereocenters. The highest BCUT2D eigenvalue weighted by atomic mass is 79.9. The zero-order chi connectivity index (χ0) is 12.8. The van der Waals surface area contributed by atoms with Gasteiger partial charge in [-0.25, -0.2) is 0 Å². The first kappa shape index (κ1) is 13.4. The number of anilines is 1. The number of hydrogen-bond donors (Lipinski definition) is 2. The van der Waals surface area contributed by atoms with Gasteiger partial charge in [-0.1, -0.05) is 15.9 Å². The second-order valence-corrected chi connectivity index (χ2v) is 4.24. The maximum Gasteiger partial charge on any atom is 0.293 e. The maximum atomic E-state index is 10.8. The number of amides is 1. The zero-order valence-electron chi connectivity index (χ0n) is 9.20. The Morgan fingerprint density at radius 2 is 2.18 bits per heavy atom. The number of halogens is 1. The van der Waals surface area contributed by atoms with Gasteiger partial charge in [-0.3, -0.25) is 14.9 Å². The third-order valence-corrected chi connectivity index (χ3v) is 2.46. The molecule has 0 bridgehead atoms. The number of carbonyl (C=O) groups is 1. The third-order valence-electron chi connectivity index (χ3n) is 1.97. The van der Waals surface area contributed by atoms with E-state index in [1.54, 1.807) is 12.1 Å². The molecule has 0 radical (unpaired) electrons. The van der Waals surface area contributed by atoms with Crippen molar-refractivity contribution in [2.24, 2.45) is 0 Å². The standard InChI is InChI=1S/C10H12BrN3O3/c1-7(15)12-4-5-13-9-3-2-8(11)6-10(9)14(16)17/h2-3,6,13H,4-5H2,1H3,(H,12,15). The summed E-state index contributed by atoms with van der Waals surface area (Å²) in [4.78, 5) is 21.0. The van der Waals surface area contributed by atoms with Crippen LogP contribution >= 0.6 is 15.9 Å². The van der Waals surface area contributed by atoms with Crippen molar-refractivity contribution in [3.05, 3.63) is 32.8 Å². The van der Waals surface area contributed by atoms with Gasteiger partial charge >= 0.3 is 0 Å². The molecule has 0 spiro atoms. The Morgan fingerprint density at radius 3 is 2.76 bits per heavy atom. The fourth-order valence-electron chi connectivity index (χ4n) is 1.24. The van der Waals surface area contributed by atoms with Gasteiger partial charge in [-0.15, -0.1) is 0 Å². The van der Waals surface area contributed by atoms with E-state index in [0.717, 1.165) is 0 Å². The van der Waals surface area contributed by atoms with E-state index >= 15 is 0 Å². The molecule has 17 heavy (non-hydrogen) atoms. The predicted molar refractivity (Wildman–Crippen MR) is 68.0 cm³/mol. The minimum absolute atomic E-state index is 0.00204. The first-order valence-corrected chi connectivity index (χ1v) is 5.72. The van der Waals surface area contributed by atoms with Crippen LogP contribution in [0.1, 0.15) is 6.92 Å². The molecule has 2 N–H and O–H groups in total. The Bertz CT molecular complexity index is 437. The third kappa shape index (κ3) is 4.39. The summed E-state index contributed by atoms with van der Waals surface area (Å²) in [7, 11) is 0. The van der Waals surface area contributed by atoms with Crippen LogP contribution in [0.4, 0.5) is 11.4 Å². The number of benzene rings is 1. The first-order valence-electron chi connectivity index (χ1n) is 4.93. The second-order valence-electron chi connectivity index (χ2n) is 3.33. The van der Waals surface area contributed by atoms with Crippen LogP contribution in [0.25, 0.3) is 0 Å². The van der Waals surface area contributed by atoms with Gasteiger partial charge in [-0.2, -0.15) is 0 Å². The quantitative estimate of drug-likeness (QED) is 0.494. The second kappa shape index (κ2) is 6.19. The molecule has 6 nitrogen and oxygen atoms in total. The molecule has 0 saturated carbocycles. The van der Waals surface area contributed by atoms with Crippen molar-refractivity contribution in [1.82, 2.24) is 5.32 Å². The average Bonchev–Trinajstić information content (AvgIpc) is 2.25. The molecule has 7 heteroatoms. The molecule has 0 unspecified atom stereocenters. The minimum atomic E-state index is -0.453. The Hall–Kier alpha value is -1.63. The van der Waals surface area contributed by atoms with Crippen molar-refractivity contribution >= 4 is 33.2 Å². The van der Waals surface area contributed by atoms with Gasteiger partial charge < -0.3 is 10.6 Å². The van der Waals surface area contributed by atoms with Crippen LogP contribution in [0.15, 0.2) is 22.7 Å². The average molecular weight is 302 g/mol. The minimum Gasteiger partial charge on any atom is -0.378 e. The zero-order valence-corrected chi connectivity index (χ0v) is 10.8. The number of rotatable bonds is 5. The van der Waals surface area contributed by atoms with Gasteiger partial charge in [0, 0.05) is 30.6 Å². The van der Waals surface area contributed by atoms with Crippen molar-refractivity contribution in [3.8, 4) is 0 Å². The van der Waals surface area contributed by atoms with E-state index in [2.05, 4.69) is 26.6 Å². The first-order chi connectivity index (χ1) is 8.00. The summed E-state index contributed by atoms with van der Waals surface area (Å²) in [5.41, 5.74) is 0.436. The Morgan fingerprint density at radius 1 is 1.47 bits per heavy atom. The molecule has 0 aliphatic carbocycles. The Kier molecular flexibility index (Phi) is 4.89. The van der Waals surface area contributed by atoms with Crippen LogP contribution in [0.5, 0.6) is 0 Å². The lowest BCUT2D eigenvalue weighted by Crippen LogP contribution is -2.26. The van der Waals surface area contributed by atoms with Crippen LogP contribution in [-0.2, 0) is 4.79 Å². The molecule has 0 saturated heterocycles. The molecule has 0 heterocycles. The predicted octanol–water partition coefficient (Wildman–Crippen LogP) is 1.91. The Balaban J connectivity index is 2.64. The summed E-state index contributed by atoms with van der Waals surface area (Å²) in [6.45, 7) is 2.27. The monoisotopic (exact) mass is 301 g/mol. The van der Waals surface area contributed by atoms with E-state index in [4.69, 9.17) is 0 Å². The number of nitro groups is 1. The fraction of sp³-hybridized carbons (Fsp3) is 0.300. The van der Waals surface area contributed by atoms with Gasteiger partial charge in [0.1, 0.15) is 5.69 Å². The molecule has 1 aromatic rings. The molecule has 1 amide bonds. The van der Waals surface area contributed by atoms with E-state index in [-0.39, 0.29) is 11.6 Å². The molecule has 92 valence electrons. The topological polar surface area (TPSA) is 84.3 Å². The van der Waals surface area contributed by atoms with Crippen LogP contribution in [0, 0.1) is 10.1 Å². The number of nitrogens with one attached hydrogen (secondary N) is 2. The van der Waals surface area contributed by atoms with Crippen LogP contribution < -0.4 is 10.6 Å². The summed E-state index contributed by atoms with van der Waals surface area (Å²) in [6.07, 6.45) is 0. The summed E-state index contributed by atoms with van der Waals surface area (Å²) >= 11 is 3.18. The van der Waals surface area contributed by atoms with E-state index in [0.29, 0.717) is 23.2 Å². The van der Waals surface area contributed by atoms with Crippen molar-refractivity contribution < 1.29 is 9.72 Å². The van der Waals surface area contributed by atoms with Gasteiger partial charge in [0.05, 0.1) is 4.92 Å². The largest absolute Gasteiger partial charge is 0.378 e. The number of nitro benzene ring substituents is 1. The van der Waals surface area contributed by atoms with Crippen LogP contribution in [0.3, 0.4) is 0 Å². The van der Waals surface area contributed by atoms with E-state index < -0.39 is 4.92 Å². The highest BCUT2D eigenvalue weighted by Gasteiger charge is 2.13. The summed E-state index contributed by atoms with van der Waals surface area (Å²) in [5.74, 6) is -0.128. The van der Waals surface area contributed by atoms with Crippen molar-refractivity contribution in [2.45, 2.75) is 6.92 Å². The highest BCUT2D eigenvalue weighted by Crippen LogP contribution is 2.27. The van der Waals surface area contributed by atoms with E-state index in [9.17, 15) is 14.9 Å². The summed E-state index contributed by atoms with van der Waals surface area (Å²) < 4.78 is 0.650. The molecule has 0 aliphatic rings. The lowest BCUT2D eigenvalue weighted by molar-refractivity contribution is -0.384. The van der Waals surface area contributed by atoms with Gasteiger partial charge in [0.15, 0.2) is 0 Å². The van der Waals surface area contributed by atoms with Gasteiger partial charge in [0.25, 0.3) is 5.69 Å². The molecule has 0 aromatic heterocycles. The lowest BCUT2D eigenvalue weighted by atomic mass is 10.2. The summed E-state index contributed by atoms with van der Waals surface area (Å²) in [6, 6.07) is 4.77. The molecule has 1 rings (SSSR count).